The van der Waals surface area contributed by atoms with E-state index in [0.29, 0.717) is 23.5 Å². The van der Waals surface area contributed by atoms with Crippen LogP contribution in [0, 0.1) is 0 Å². The number of hydrogen-bond acceptors (Lipinski definition) is 6. The van der Waals surface area contributed by atoms with Crippen molar-refractivity contribution in [2.75, 3.05) is 29.5 Å². The Balaban J connectivity index is 1.63. The molecule has 3 aromatic rings. The molecular formula is C22H27N3O5S2. The summed E-state index contributed by atoms with van der Waals surface area (Å²) < 4.78 is 33.4. The average molecular weight is 478 g/mol. The second kappa shape index (κ2) is 9.74. The van der Waals surface area contributed by atoms with Crippen LogP contribution in [-0.4, -0.2) is 38.8 Å². The molecule has 0 aliphatic heterocycles. The average Bonchev–Trinajstić information content (AvgIpc) is 3.05. The summed E-state index contributed by atoms with van der Waals surface area (Å²) >= 11 is 1.15. The SMILES string of the molecule is COc1ccc(N(CCCC(=O)Nc2ccc3c(c2)sc(=O)n3C(C)C)S(C)(=O)=O)cc1. The summed E-state index contributed by atoms with van der Waals surface area (Å²) in [6.45, 7) is 4.08. The van der Waals surface area contributed by atoms with E-state index in [2.05, 4.69) is 5.32 Å². The third kappa shape index (κ3) is 5.49. The van der Waals surface area contributed by atoms with Gasteiger partial charge < -0.3 is 10.1 Å². The summed E-state index contributed by atoms with van der Waals surface area (Å²) in [5, 5.41) is 2.83. The van der Waals surface area contributed by atoms with E-state index in [9.17, 15) is 18.0 Å². The van der Waals surface area contributed by atoms with E-state index >= 15 is 0 Å². The Hall–Kier alpha value is -2.85. The van der Waals surface area contributed by atoms with Gasteiger partial charge in [0, 0.05) is 24.7 Å². The number of fused-ring (bicyclic) bond motifs is 1. The van der Waals surface area contributed by atoms with E-state index in [1.54, 1.807) is 48.1 Å². The molecule has 172 valence electrons. The van der Waals surface area contributed by atoms with Gasteiger partial charge in [0.15, 0.2) is 0 Å². The number of amides is 1. The molecule has 0 atom stereocenters. The van der Waals surface area contributed by atoms with Crippen LogP contribution >= 0.6 is 11.3 Å². The van der Waals surface area contributed by atoms with Gasteiger partial charge >= 0.3 is 4.87 Å². The van der Waals surface area contributed by atoms with Crippen LogP contribution in [0.4, 0.5) is 11.4 Å². The fraction of sp³-hybridized carbons (Fsp3) is 0.364. The van der Waals surface area contributed by atoms with Crippen molar-refractivity contribution in [2.24, 2.45) is 0 Å². The van der Waals surface area contributed by atoms with Crippen LogP contribution < -0.4 is 19.2 Å². The molecule has 0 aliphatic rings. The number of hydrogen-bond donors (Lipinski definition) is 1. The molecule has 0 radical (unpaired) electrons. The Morgan fingerprint density at radius 2 is 1.88 bits per heavy atom. The van der Waals surface area contributed by atoms with Crippen LogP contribution in [0.5, 0.6) is 5.75 Å². The highest BCUT2D eigenvalue weighted by atomic mass is 32.2. The standard InChI is InChI=1S/C22H27N3O5S2/c1-15(2)25-19-12-7-16(14-20(19)31-22(25)27)23-21(26)6-5-13-24(32(4,28)29)17-8-10-18(30-3)11-9-17/h7-12,14-15H,5-6,13H2,1-4H3,(H,23,26). The molecule has 0 fully saturated rings. The Bertz CT molecular complexity index is 1260. The fourth-order valence-electron chi connectivity index (χ4n) is 3.44. The maximum atomic E-state index is 12.4. The molecule has 1 aromatic heterocycles. The first-order valence-electron chi connectivity index (χ1n) is 10.2. The summed E-state index contributed by atoms with van der Waals surface area (Å²) in [6.07, 6.45) is 1.65. The van der Waals surface area contributed by atoms with Crippen molar-refractivity contribution in [3.8, 4) is 5.75 Å². The predicted octanol–water partition coefficient (Wildman–Crippen LogP) is 3.84. The lowest BCUT2D eigenvalue weighted by Gasteiger charge is -2.22. The number of methoxy groups -OCH3 is 1. The lowest BCUT2D eigenvalue weighted by Crippen LogP contribution is -2.31. The first kappa shape index (κ1) is 23.8. The number of ether oxygens (including phenoxy) is 1. The van der Waals surface area contributed by atoms with Gasteiger partial charge in [-0.2, -0.15) is 0 Å². The minimum atomic E-state index is -3.50. The molecule has 1 N–H and O–H groups in total. The third-order valence-electron chi connectivity index (χ3n) is 4.94. The molecule has 0 aliphatic carbocycles. The van der Waals surface area contributed by atoms with Crippen molar-refractivity contribution >= 4 is 48.9 Å². The van der Waals surface area contributed by atoms with Crippen molar-refractivity contribution in [1.29, 1.82) is 0 Å². The molecule has 10 heteroatoms. The van der Waals surface area contributed by atoms with Crippen molar-refractivity contribution in [1.82, 2.24) is 4.57 Å². The number of carbonyl (C=O) groups excluding carboxylic acids is 1. The molecular weight excluding hydrogens is 450 g/mol. The molecule has 2 aromatic carbocycles. The third-order valence-corrected chi connectivity index (χ3v) is 7.05. The van der Waals surface area contributed by atoms with Gasteiger partial charge in [-0.05, 0) is 62.7 Å². The molecule has 3 rings (SSSR count). The molecule has 0 bridgehead atoms. The van der Waals surface area contributed by atoms with Gasteiger partial charge in [0.25, 0.3) is 0 Å². The van der Waals surface area contributed by atoms with Crippen LogP contribution in [0.2, 0.25) is 0 Å². The number of nitrogens with zero attached hydrogens (tertiary/aromatic N) is 2. The number of aromatic nitrogens is 1. The number of thiazole rings is 1. The van der Waals surface area contributed by atoms with Crippen molar-refractivity contribution in [3.63, 3.8) is 0 Å². The van der Waals surface area contributed by atoms with Crippen LogP contribution in [0.3, 0.4) is 0 Å². The van der Waals surface area contributed by atoms with Crippen molar-refractivity contribution in [3.05, 3.63) is 52.1 Å². The second-order valence-corrected chi connectivity index (χ2v) is 10.6. The lowest BCUT2D eigenvalue weighted by molar-refractivity contribution is -0.116. The molecule has 0 saturated carbocycles. The van der Waals surface area contributed by atoms with E-state index in [0.717, 1.165) is 27.8 Å². The quantitative estimate of drug-likeness (QED) is 0.505. The minimum Gasteiger partial charge on any atom is -0.497 e. The number of benzene rings is 2. The van der Waals surface area contributed by atoms with Crippen molar-refractivity contribution in [2.45, 2.75) is 32.7 Å². The first-order valence-corrected chi connectivity index (χ1v) is 12.8. The molecule has 1 heterocycles. The maximum absolute atomic E-state index is 12.4. The van der Waals surface area contributed by atoms with E-state index in [1.165, 1.54) is 4.31 Å². The Morgan fingerprint density at radius 3 is 2.47 bits per heavy atom. The second-order valence-electron chi connectivity index (χ2n) is 7.70. The van der Waals surface area contributed by atoms with Crippen molar-refractivity contribution < 1.29 is 17.9 Å². The van der Waals surface area contributed by atoms with E-state index in [-0.39, 0.29) is 29.8 Å². The lowest BCUT2D eigenvalue weighted by atomic mass is 10.2. The largest absolute Gasteiger partial charge is 0.497 e. The molecule has 0 spiro atoms. The zero-order chi connectivity index (χ0) is 23.5. The van der Waals surface area contributed by atoms with Gasteiger partial charge in [-0.3, -0.25) is 18.5 Å². The van der Waals surface area contributed by atoms with Gasteiger partial charge in [-0.1, -0.05) is 11.3 Å². The maximum Gasteiger partial charge on any atom is 0.308 e. The topological polar surface area (TPSA) is 97.7 Å². The highest BCUT2D eigenvalue weighted by molar-refractivity contribution is 7.92. The van der Waals surface area contributed by atoms with Gasteiger partial charge in [0.1, 0.15) is 5.75 Å². The number of rotatable bonds is 9. The number of sulfonamides is 1. The predicted molar refractivity (Wildman–Crippen MR) is 130 cm³/mol. The van der Waals surface area contributed by atoms with Crippen LogP contribution in [0.1, 0.15) is 32.7 Å². The molecule has 8 nitrogen and oxygen atoms in total. The molecule has 0 saturated heterocycles. The molecule has 0 unspecified atom stereocenters. The Labute approximate surface area is 191 Å². The Morgan fingerprint density at radius 1 is 1.19 bits per heavy atom. The van der Waals surface area contributed by atoms with Crippen LogP contribution in [0.15, 0.2) is 47.3 Å². The normalized spacial score (nSPS) is 11.7. The van der Waals surface area contributed by atoms with Gasteiger partial charge in [-0.15, -0.1) is 0 Å². The summed E-state index contributed by atoms with van der Waals surface area (Å²) in [6, 6.07) is 12.2. The van der Waals surface area contributed by atoms with Crippen LogP contribution in [-0.2, 0) is 14.8 Å². The summed E-state index contributed by atoms with van der Waals surface area (Å²) in [4.78, 5) is 24.6. The number of anilines is 2. The summed E-state index contributed by atoms with van der Waals surface area (Å²) in [7, 11) is -1.96. The van der Waals surface area contributed by atoms with Gasteiger partial charge in [-0.25, -0.2) is 8.42 Å². The van der Waals surface area contributed by atoms with Crippen LogP contribution in [0.25, 0.3) is 10.2 Å². The first-order chi connectivity index (χ1) is 15.1. The smallest absolute Gasteiger partial charge is 0.308 e. The molecule has 1 amide bonds. The zero-order valence-corrected chi connectivity index (χ0v) is 20.1. The van der Waals surface area contributed by atoms with Gasteiger partial charge in [0.2, 0.25) is 15.9 Å². The number of nitrogens with one attached hydrogen (secondary N) is 1. The van der Waals surface area contributed by atoms with E-state index in [4.69, 9.17) is 4.74 Å². The molecule has 32 heavy (non-hydrogen) atoms. The Kier molecular flexibility index (Phi) is 7.25. The fourth-order valence-corrected chi connectivity index (χ4v) is 5.46. The van der Waals surface area contributed by atoms with Gasteiger partial charge in [0.05, 0.1) is 29.3 Å². The highest BCUT2D eigenvalue weighted by Gasteiger charge is 2.18. The number of carbonyl (C=O) groups is 1. The summed E-state index contributed by atoms with van der Waals surface area (Å²) in [5.41, 5.74) is 1.97. The summed E-state index contributed by atoms with van der Waals surface area (Å²) in [5.74, 6) is 0.412. The van der Waals surface area contributed by atoms with E-state index < -0.39 is 10.0 Å². The monoisotopic (exact) mass is 477 g/mol. The zero-order valence-electron chi connectivity index (χ0n) is 18.5. The minimum absolute atomic E-state index is 0.0297. The highest BCUT2D eigenvalue weighted by Crippen LogP contribution is 2.25. The van der Waals surface area contributed by atoms with E-state index in [1.807, 2.05) is 19.9 Å².